The first kappa shape index (κ1) is 12.8. The Morgan fingerprint density at radius 3 is 2.58 bits per heavy atom. The fraction of sp³-hybridized carbons (Fsp3) is 0.625. The second-order valence-electron chi connectivity index (χ2n) is 5.69. The van der Waals surface area contributed by atoms with E-state index in [-0.39, 0.29) is 0 Å². The molecule has 1 saturated carbocycles. The number of piperidine rings is 1. The molecule has 19 heavy (non-hydrogen) atoms. The topological polar surface area (TPSA) is 30.5 Å². The molecule has 3 heteroatoms. The van der Waals surface area contributed by atoms with Crippen molar-refractivity contribution < 1.29 is 9.47 Å². The summed E-state index contributed by atoms with van der Waals surface area (Å²) in [5, 5.41) is 3.41. The molecule has 0 amide bonds. The van der Waals surface area contributed by atoms with Crippen LogP contribution < -0.4 is 14.8 Å². The van der Waals surface area contributed by atoms with Gasteiger partial charge in [-0.3, -0.25) is 0 Å². The number of nitrogens with one attached hydrogen (secondary N) is 1. The van der Waals surface area contributed by atoms with Gasteiger partial charge < -0.3 is 14.8 Å². The largest absolute Gasteiger partial charge is 0.493 e. The SMILES string of the molecule is COc1cc(C2CCNCC2)ccc1OCC1CC1. The fourth-order valence-electron chi connectivity index (χ4n) is 2.70. The second-order valence-corrected chi connectivity index (χ2v) is 5.69. The average molecular weight is 261 g/mol. The Bertz CT molecular complexity index is 423. The van der Waals surface area contributed by atoms with Crippen molar-refractivity contribution in [3.05, 3.63) is 23.8 Å². The third kappa shape index (κ3) is 3.21. The summed E-state index contributed by atoms with van der Waals surface area (Å²) in [5.41, 5.74) is 1.39. The molecule has 1 saturated heterocycles. The molecule has 0 radical (unpaired) electrons. The Morgan fingerprint density at radius 1 is 1.11 bits per heavy atom. The molecule has 1 aliphatic heterocycles. The molecule has 1 aromatic rings. The van der Waals surface area contributed by atoms with Crippen LogP contribution in [0, 0.1) is 5.92 Å². The molecule has 104 valence electrons. The maximum atomic E-state index is 5.86. The average Bonchev–Trinajstić information content (AvgIpc) is 3.30. The van der Waals surface area contributed by atoms with E-state index in [0.717, 1.165) is 37.1 Å². The zero-order chi connectivity index (χ0) is 13.1. The van der Waals surface area contributed by atoms with Gasteiger partial charge in [0.1, 0.15) is 0 Å². The molecule has 3 rings (SSSR count). The van der Waals surface area contributed by atoms with E-state index in [0.29, 0.717) is 5.92 Å². The van der Waals surface area contributed by atoms with Crippen molar-refractivity contribution in [3.63, 3.8) is 0 Å². The zero-order valence-electron chi connectivity index (χ0n) is 11.7. The highest BCUT2D eigenvalue weighted by Gasteiger charge is 2.23. The first-order chi connectivity index (χ1) is 9.36. The first-order valence-electron chi connectivity index (χ1n) is 7.38. The van der Waals surface area contributed by atoms with Gasteiger partial charge in [-0.15, -0.1) is 0 Å². The van der Waals surface area contributed by atoms with Crippen molar-refractivity contribution in [2.45, 2.75) is 31.6 Å². The maximum Gasteiger partial charge on any atom is 0.161 e. The van der Waals surface area contributed by atoms with Gasteiger partial charge >= 0.3 is 0 Å². The van der Waals surface area contributed by atoms with Crippen LogP contribution in [-0.4, -0.2) is 26.8 Å². The van der Waals surface area contributed by atoms with Gasteiger partial charge in [-0.25, -0.2) is 0 Å². The lowest BCUT2D eigenvalue weighted by Crippen LogP contribution is -2.26. The van der Waals surface area contributed by atoms with Crippen LogP contribution in [0.3, 0.4) is 0 Å². The summed E-state index contributed by atoms with van der Waals surface area (Å²) in [7, 11) is 1.73. The lowest BCUT2D eigenvalue weighted by molar-refractivity contribution is 0.280. The molecule has 2 aliphatic rings. The summed E-state index contributed by atoms with van der Waals surface area (Å²) in [6.45, 7) is 3.07. The van der Waals surface area contributed by atoms with Crippen molar-refractivity contribution in [2.24, 2.45) is 5.92 Å². The summed E-state index contributed by atoms with van der Waals surface area (Å²) >= 11 is 0. The Labute approximate surface area is 115 Å². The predicted octanol–water partition coefficient (Wildman–Crippen LogP) is 2.95. The highest BCUT2D eigenvalue weighted by atomic mass is 16.5. The van der Waals surface area contributed by atoms with Crippen LogP contribution in [0.2, 0.25) is 0 Å². The Morgan fingerprint density at radius 2 is 1.89 bits per heavy atom. The highest BCUT2D eigenvalue weighted by Crippen LogP contribution is 2.36. The molecule has 0 aromatic heterocycles. The summed E-state index contributed by atoms with van der Waals surface area (Å²) in [5.74, 6) is 3.21. The van der Waals surface area contributed by atoms with Crippen LogP contribution in [-0.2, 0) is 0 Å². The van der Waals surface area contributed by atoms with Crippen molar-refractivity contribution in [2.75, 3.05) is 26.8 Å². The van der Waals surface area contributed by atoms with E-state index in [2.05, 4.69) is 23.5 Å². The molecule has 3 nitrogen and oxygen atoms in total. The molecular weight excluding hydrogens is 238 g/mol. The van der Waals surface area contributed by atoms with Crippen molar-refractivity contribution in [1.29, 1.82) is 0 Å². The van der Waals surface area contributed by atoms with Crippen LogP contribution in [0.15, 0.2) is 18.2 Å². The minimum atomic E-state index is 0.660. The monoisotopic (exact) mass is 261 g/mol. The highest BCUT2D eigenvalue weighted by molar-refractivity contribution is 5.44. The van der Waals surface area contributed by atoms with E-state index < -0.39 is 0 Å². The van der Waals surface area contributed by atoms with Crippen molar-refractivity contribution >= 4 is 0 Å². The van der Waals surface area contributed by atoms with Gasteiger partial charge in [0, 0.05) is 0 Å². The summed E-state index contributed by atoms with van der Waals surface area (Å²) in [6, 6.07) is 6.46. The van der Waals surface area contributed by atoms with Crippen LogP contribution >= 0.6 is 0 Å². The van der Waals surface area contributed by atoms with Gasteiger partial charge in [-0.1, -0.05) is 6.07 Å². The number of rotatable bonds is 5. The molecule has 1 N–H and O–H groups in total. The lowest BCUT2D eigenvalue weighted by Gasteiger charge is -2.23. The van der Waals surface area contributed by atoms with E-state index in [1.165, 1.54) is 31.2 Å². The molecule has 0 unspecified atom stereocenters. The van der Waals surface area contributed by atoms with E-state index in [1.54, 1.807) is 7.11 Å². The number of methoxy groups -OCH3 is 1. The number of hydrogen-bond donors (Lipinski definition) is 1. The molecule has 0 bridgehead atoms. The van der Waals surface area contributed by atoms with Crippen molar-refractivity contribution in [3.8, 4) is 11.5 Å². The normalized spacial score (nSPS) is 20.3. The van der Waals surface area contributed by atoms with Crippen LogP contribution in [0.4, 0.5) is 0 Å². The number of ether oxygens (including phenoxy) is 2. The van der Waals surface area contributed by atoms with Crippen LogP contribution in [0.5, 0.6) is 11.5 Å². The molecular formula is C16H23NO2. The summed E-state index contributed by atoms with van der Waals surface area (Å²) in [6.07, 6.45) is 5.06. The number of benzene rings is 1. The van der Waals surface area contributed by atoms with Gasteiger partial charge in [-0.2, -0.15) is 0 Å². The van der Waals surface area contributed by atoms with Crippen LogP contribution in [0.25, 0.3) is 0 Å². The molecule has 0 spiro atoms. The second kappa shape index (κ2) is 5.83. The van der Waals surface area contributed by atoms with Crippen molar-refractivity contribution in [1.82, 2.24) is 5.32 Å². The molecule has 1 aliphatic carbocycles. The lowest BCUT2D eigenvalue weighted by atomic mass is 9.90. The smallest absolute Gasteiger partial charge is 0.161 e. The van der Waals surface area contributed by atoms with E-state index in [9.17, 15) is 0 Å². The maximum absolute atomic E-state index is 5.86. The summed E-state index contributed by atoms with van der Waals surface area (Å²) < 4.78 is 11.3. The molecule has 0 atom stereocenters. The molecule has 1 aromatic carbocycles. The van der Waals surface area contributed by atoms with E-state index in [1.807, 2.05) is 0 Å². The Balaban J connectivity index is 1.71. The molecule has 2 fully saturated rings. The third-order valence-corrected chi connectivity index (χ3v) is 4.17. The standard InChI is InChI=1S/C16H23NO2/c1-18-16-10-14(13-6-8-17-9-7-13)4-5-15(16)19-11-12-2-3-12/h4-5,10,12-13,17H,2-3,6-9,11H2,1H3. The first-order valence-corrected chi connectivity index (χ1v) is 7.38. The Kier molecular flexibility index (Phi) is 3.92. The van der Waals surface area contributed by atoms with Crippen LogP contribution in [0.1, 0.15) is 37.2 Å². The van der Waals surface area contributed by atoms with E-state index in [4.69, 9.17) is 9.47 Å². The van der Waals surface area contributed by atoms with Gasteiger partial charge in [0.25, 0.3) is 0 Å². The summed E-state index contributed by atoms with van der Waals surface area (Å²) in [4.78, 5) is 0. The minimum absolute atomic E-state index is 0.660. The predicted molar refractivity (Wildman–Crippen MR) is 76.1 cm³/mol. The van der Waals surface area contributed by atoms with Gasteiger partial charge in [0.05, 0.1) is 13.7 Å². The van der Waals surface area contributed by atoms with Gasteiger partial charge in [0.15, 0.2) is 11.5 Å². The van der Waals surface area contributed by atoms with Gasteiger partial charge in [-0.05, 0) is 68.3 Å². The minimum Gasteiger partial charge on any atom is -0.493 e. The zero-order valence-corrected chi connectivity index (χ0v) is 11.7. The van der Waals surface area contributed by atoms with Gasteiger partial charge in [0.2, 0.25) is 0 Å². The Hall–Kier alpha value is -1.22. The quantitative estimate of drug-likeness (QED) is 0.884. The molecule has 1 heterocycles. The fourth-order valence-corrected chi connectivity index (χ4v) is 2.70. The third-order valence-electron chi connectivity index (χ3n) is 4.17. The number of hydrogen-bond acceptors (Lipinski definition) is 3. The van der Waals surface area contributed by atoms with E-state index >= 15 is 0 Å².